The molecule has 0 aromatic heterocycles. The van der Waals surface area contributed by atoms with E-state index in [1.54, 1.807) is 0 Å². The van der Waals surface area contributed by atoms with Crippen LogP contribution in [0.3, 0.4) is 0 Å². The number of hydrazone groups is 1. The molecule has 0 fully saturated rings. The fourth-order valence-corrected chi connectivity index (χ4v) is 1.52. The summed E-state index contributed by atoms with van der Waals surface area (Å²) in [5, 5.41) is 3.77. The van der Waals surface area contributed by atoms with Crippen LogP contribution < -0.4 is 10.6 Å². The van der Waals surface area contributed by atoms with Crippen LogP contribution in [0, 0.1) is 6.92 Å². The van der Waals surface area contributed by atoms with Gasteiger partial charge in [-0.3, -0.25) is 0 Å². The van der Waals surface area contributed by atoms with Crippen molar-refractivity contribution in [1.29, 1.82) is 0 Å². The van der Waals surface area contributed by atoms with Gasteiger partial charge in [0.25, 0.3) is 0 Å². The normalized spacial score (nSPS) is 18.1. The quantitative estimate of drug-likeness (QED) is 0.480. The van der Waals surface area contributed by atoms with Crippen molar-refractivity contribution in [1.82, 2.24) is 0 Å². The Balaban J connectivity index is 2.54. The molecule has 2 rings (SSSR count). The first-order chi connectivity index (χ1) is 6.31. The number of nitrogens with two attached hydrogens (primary N) is 1. The van der Waals surface area contributed by atoms with E-state index < -0.39 is 0 Å². The number of nitrogens with zero attached hydrogens (tertiary/aromatic N) is 1. The highest BCUT2D eigenvalue weighted by Gasteiger charge is 2.15. The molecule has 68 valence electrons. The van der Waals surface area contributed by atoms with E-state index >= 15 is 0 Å². The molecule has 0 saturated heterocycles. The standard InChI is InChI=1S/C10H12N2O/c1-7-2-3-10-8(6-7)9(12-11)4-5-13-10/h2-3,6H,4-5,11H2,1H3/b12-9+. The van der Waals surface area contributed by atoms with Crippen LogP contribution in [0.5, 0.6) is 5.75 Å². The Bertz CT molecular complexity index is 358. The first-order valence-corrected chi connectivity index (χ1v) is 4.32. The van der Waals surface area contributed by atoms with E-state index in [4.69, 9.17) is 10.6 Å². The summed E-state index contributed by atoms with van der Waals surface area (Å²) >= 11 is 0. The molecule has 0 bridgehead atoms. The Morgan fingerprint density at radius 2 is 2.31 bits per heavy atom. The molecule has 2 N–H and O–H groups in total. The molecule has 1 heterocycles. The van der Waals surface area contributed by atoms with Gasteiger partial charge in [0, 0.05) is 12.0 Å². The molecule has 0 radical (unpaired) electrons. The van der Waals surface area contributed by atoms with Crippen LogP contribution in [-0.4, -0.2) is 12.3 Å². The second-order valence-corrected chi connectivity index (χ2v) is 3.17. The number of fused-ring (bicyclic) bond motifs is 1. The first-order valence-electron chi connectivity index (χ1n) is 4.32. The summed E-state index contributed by atoms with van der Waals surface area (Å²) in [7, 11) is 0. The molecule has 1 aliphatic rings. The molecular formula is C10H12N2O. The fraction of sp³-hybridized carbons (Fsp3) is 0.300. The van der Waals surface area contributed by atoms with Gasteiger partial charge in [0.1, 0.15) is 5.75 Å². The van der Waals surface area contributed by atoms with Gasteiger partial charge in [-0.15, -0.1) is 0 Å². The third-order valence-corrected chi connectivity index (χ3v) is 2.20. The zero-order chi connectivity index (χ0) is 9.26. The molecule has 0 saturated carbocycles. The topological polar surface area (TPSA) is 47.6 Å². The average molecular weight is 176 g/mol. The molecule has 3 heteroatoms. The smallest absolute Gasteiger partial charge is 0.128 e. The maximum Gasteiger partial charge on any atom is 0.128 e. The molecule has 1 aromatic carbocycles. The van der Waals surface area contributed by atoms with E-state index in [1.807, 2.05) is 19.1 Å². The van der Waals surface area contributed by atoms with Gasteiger partial charge in [0.2, 0.25) is 0 Å². The summed E-state index contributed by atoms with van der Waals surface area (Å²) in [5.41, 5.74) is 3.17. The van der Waals surface area contributed by atoms with Crippen LogP contribution in [0.15, 0.2) is 23.3 Å². The largest absolute Gasteiger partial charge is 0.492 e. The lowest BCUT2D eigenvalue weighted by Gasteiger charge is -2.18. The monoisotopic (exact) mass is 176 g/mol. The van der Waals surface area contributed by atoms with Crippen molar-refractivity contribution in [3.8, 4) is 5.75 Å². The molecule has 0 amide bonds. The van der Waals surface area contributed by atoms with Crippen molar-refractivity contribution in [2.24, 2.45) is 10.9 Å². The van der Waals surface area contributed by atoms with Crippen LogP contribution in [0.2, 0.25) is 0 Å². The Morgan fingerprint density at radius 3 is 3.08 bits per heavy atom. The average Bonchev–Trinajstić information content (AvgIpc) is 2.17. The highest BCUT2D eigenvalue weighted by atomic mass is 16.5. The van der Waals surface area contributed by atoms with Gasteiger partial charge in [-0.2, -0.15) is 5.10 Å². The van der Waals surface area contributed by atoms with Gasteiger partial charge in [0.05, 0.1) is 12.3 Å². The van der Waals surface area contributed by atoms with E-state index in [1.165, 1.54) is 5.56 Å². The summed E-state index contributed by atoms with van der Waals surface area (Å²) in [5.74, 6) is 6.19. The number of rotatable bonds is 0. The van der Waals surface area contributed by atoms with E-state index in [0.29, 0.717) is 6.61 Å². The number of aryl methyl sites for hydroxylation is 1. The second-order valence-electron chi connectivity index (χ2n) is 3.17. The highest BCUT2D eigenvalue weighted by Crippen LogP contribution is 2.25. The van der Waals surface area contributed by atoms with Crippen molar-refractivity contribution < 1.29 is 4.74 Å². The number of ether oxygens (including phenoxy) is 1. The number of hydrogen-bond acceptors (Lipinski definition) is 3. The lowest BCUT2D eigenvalue weighted by Crippen LogP contribution is -2.17. The Hall–Kier alpha value is -1.51. The van der Waals surface area contributed by atoms with Gasteiger partial charge in [-0.05, 0) is 19.1 Å². The summed E-state index contributed by atoms with van der Waals surface area (Å²) in [4.78, 5) is 0. The zero-order valence-electron chi connectivity index (χ0n) is 7.58. The Kier molecular flexibility index (Phi) is 1.93. The Labute approximate surface area is 77.2 Å². The van der Waals surface area contributed by atoms with Crippen molar-refractivity contribution >= 4 is 5.71 Å². The van der Waals surface area contributed by atoms with Crippen LogP contribution in [0.1, 0.15) is 17.5 Å². The summed E-state index contributed by atoms with van der Waals surface area (Å²) in [6.45, 7) is 2.72. The minimum atomic E-state index is 0.673. The molecule has 1 aromatic rings. The number of hydrogen-bond donors (Lipinski definition) is 1. The molecule has 0 aliphatic carbocycles. The van der Waals surface area contributed by atoms with Crippen LogP contribution in [0.25, 0.3) is 0 Å². The molecule has 13 heavy (non-hydrogen) atoms. The van der Waals surface area contributed by atoms with Crippen LogP contribution in [0.4, 0.5) is 0 Å². The van der Waals surface area contributed by atoms with Crippen LogP contribution in [-0.2, 0) is 0 Å². The van der Waals surface area contributed by atoms with Crippen molar-refractivity contribution in [3.63, 3.8) is 0 Å². The molecule has 0 atom stereocenters. The van der Waals surface area contributed by atoms with Crippen molar-refractivity contribution in [3.05, 3.63) is 29.3 Å². The van der Waals surface area contributed by atoms with Gasteiger partial charge in [0.15, 0.2) is 0 Å². The Morgan fingerprint density at radius 1 is 1.46 bits per heavy atom. The summed E-state index contributed by atoms with van der Waals surface area (Å²) in [6.07, 6.45) is 0.799. The second kappa shape index (κ2) is 3.09. The SMILES string of the molecule is Cc1ccc2c(c1)/C(=N/N)CCO2. The van der Waals surface area contributed by atoms with Crippen molar-refractivity contribution in [2.75, 3.05) is 6.61 Å². The zero-order valence-corrected chi connectivity index (χ0v) is 7.58. The summed E-state index contributed by atoms with van der Waals surface area (Å²) in [6, 6.07) is 6.05. The number of benzene rings is 1. The molecular weight excluding hydrogens is 164 g/mol. The minimum Gasteiger partial charge on any atom is -0.492 e. The molecule has 1 aliphatic heterocycles. The molecule has 0 unspecified atom stereocenters. The van der Waals surface area contributed by atoms with E-state index in [2.05, 4.69) is 11.2 Å². The van der Waals surface area contributed by atoms with Gasteiger partial charge in [-0.25, -0.2) is 0 Å². The van der Waals surface area contributed by atoms with Gasteiger partial charge < -0.3 is 10.6 Å². The highest BCUT2D eigenvalue weighted by molar-refractivity contribution is 6.03. The predicted octanol–water partition coefficient (Wildman–Crippen LogP) is 1.44. The maximum absolute atomic E-state index is 5.47. The summed E-state index contributed by atoms with van der Waals surface area (Å²) < 4.78 is 5.47. The predicted molar refractivity (Wildman–Crippen MR) is 52.0 cm³/mol. The first kappa shape index (κ1) is 8.10. The molecule has 0 spiro atoms. The van der Waals surface area contributed by atoms with Crippen LogP contribution >= 0.6 is 0 Å². The van der Waals surface area contributed by atoms with E-state index in [-0.39, 0.29) is 0 Å². The van der Waals surface area contributed by atoms with E-state index in [0.717, 1.165) is 23.4 Å². The van der Waals surface area contributed by atoms with Crippen molar-refractivity contribution in [2.45, 2.75) is 13.3 Å². The maximum atomic E-state index is 5.47. The third-order valence-electron chi connectivity index (χ3n) is 2.20. The third kappa shape index (κ3) is 1.37. The van der Waals surface area contributed by atoms with E-state index in [9.17, 15) is 0 Å². The lowest BCUT2D eigenvalue weighted by molar-refractivity contribution is 0.320. The van der Waals surface area contributed by atoms with Gasteiger partial charge in [-0.1, -0.05) is 11.6 Å². The fourth-order valence-electron chi connectivity index (χ4n) is 1.52. The minimum absolute atomic E-state index is 0.673. The lowest BCUT2D eigenvalue weighted by atomic mass is 10.0. The van der Waals surface area contributed by atoms with Gasteiger partial charge >= 0.3 is 0 Å². The molecule has 3 nitrogen and oxygen atoms in total.